The molecule has 1 fully saturated rings. The fraction of sp³-hybridized carbons (Fsp3) is 0.409. The predicted molar refractivity (Wildman–Crippen MR) is 114 cm³/mol. The van der Waals surface area contributed by atoms with Crippen molar-refractivity contribution >= 4 is 17.6 Å². The SMILES string of the molecule is C[C@H](c1ccc(F)cc1)n1cnc(C(=O)N[C@H]2CCn3nc(C4CC4)cc3N(C)C2=O)n1. The van der Waals surface area contributed by atoms with Crippen molar-refractivity contribution in [2.24, 2.45) is 0 Å². The van der Waals surface area contributed by atoms with E-state index in [1.54, 1.807) is 24.1 Å². The molecule has 1 N–H and O–H groups in total. The molecule has 3 aromatic rings. The third kappa shape index (κ3) is 3.76. The van der Waals surface area contributed by atoms with Gasteiger partial charge in [-0.05, 0) is 43.9 Å². The van der Waals surface area contributed by atoms with Crippen molar-refractivity contribution in [2.75, 3.05) is 11.9 Å². The van der Waals surface area contributed by atoms with Crippen LogP contribution in [0.25, 0.3) is 0 Å². The lowest BCUT2D eigenvalue weighted by molar-refractivity contribution is -0.120. The van der Waals surface area contributed by atoms with Crippen LogP contribution in [0.4, 0.5) is 10.2 Å². The standard InChI is InChI=1S/C22H24FN7O2/c1-13(14-5-7-16(23)8-6-14)30-12-24-20(27-30)21(31)25-17-9-10-29-19(28(2)22(17)32)11-18(26-29)15-3-4-15/h5-8,11-13,15,17H,3-4,9-10H2,1-2H3,(H,25,31)/t13-,17+/m1/s1. The second-order valence-electron chi connectivity index (χ2n) is 8.41. The summed E-state index contributed by atoms with van der Waals surface area (Å²) in [6.07, 6.45) is 4.18. The van der Waals surface area contributed by atoms with Crippen LogP contribution in [0, 0.1) is 5.82 Å². The summed E-state index contributed by atoms with van der Waals surface area (Å²) in [7, 11) is 1.70. The molecule has 5 rings (SSSR count). The summed E-state index contributed by atoms with van der Waals surface area (Å²) in [6.45, 7) is 2.41. The summed E-state index contributed by atoms with van der Waals surface area (Å²) < 4.78 is 16.6. The van der Waals surface area contributed by atoms with E-state index < -0.39 is 11.9 Å². The van der Waals surface area contributed by atoms with Crippen molar-refractivity contribution in [2.45, 2.75) is 50.7 Å². The van der Waals surface area contributed by atoms with E-state index in [-0.39, 0.29) is 23.6 Å². The van der Waals surface area contributed by atoms with Crippen LogP contribution in [0.3, 0.4) is 0 Å². The highest BCUT2D eigenvalue weighted by Crippen LogP contribution is 2.40. The van der Waals surface area contributed by atoms with E-state index in [0.29, 0.717) is 18.9 Å². The molecule has 2 atom stereocenters. The Labute approximate surface area is 184 Å². The Bertz CT molecular complexity index is 1170. The summed E-state index contributed by atoms with van der Waals surface area (Å²) in [5.41, 5.74) is 1.87. The van der Waals surface area contributed by atoms with Crippen molar-refractivity contribution in [3.8, 4) is 0 Å². The van der Waals surface area contributed by atoms with Crippen LogP contribution in [-0.2, 0) is 11.3 Å². The number of hydrogen-bond acceptors (Lipinski definition) is 5. The van der Waals surface area contributed by atoms with E-state index in [1.165, 1.54) is 23.1 Å². The van der Waals surface area contributed by atoms with E-state index in [2.05, 4.69) is 20.5 Å². The number of hydrogen-bond donors (Lipinski definition) is 1. The van der Waals surface area contributed by atoms with Crippen LogP contribution in [-0.4, -0.2) is 49.4 Å². The number of aryl methyl sites for hydroxylation is 1. The molecule has 10 heteroatoms. The minimum absolute atomic E-state index is 0.0209. The Morgan fingerprint density at radius 1 is 1.19 bits per heavy atom. The molecule has 2 amide bonds. The topological polar surface area (TPSA) is 97.9 Å². The Hall–Kier alpha value is -3.56. The van der Waals surface area contributed by atoms with Gasteiger partial charge < -0.3 is 5.32 Å². The first-order valence-electron chi connectivity index (χ1n) is 10.7. The second kappa shape index (κ2) is 7.85. The number of benzene rings is 1. The summed E-state index contributed by atoms with van der Waals surface area (Å²) in [5.74, 6) is 0.213. The summed E-state index contributed by atoms with van der Waals surface area (Å²) in [4.78, 5) is 31.4. The second-order valence-corrected chi connectivity index (χ2v) is 8.41. The zero-order valence-electron chi connectivity index (χ0n) is 17.9. The molecule has 1 aliphatic heterocycles. The maximum atomic E-state index is 13.2. The highest BCUT2D eigenvalue weighted by Gasteiger charge is 2.34. The minimum atomic E-state index is -0.694. The van der Waals surface area contributed by atoms with Gasteiger partial charge in [-0.3, -0.25) is 14.5 Å². The highest BCUT2D eigenvalue weighted by molar-refractivity contribution is 6.00. The monoisotopic (exact) mass is 437 g/mol. The van der Waals surface area contributed by atoms with Gasteiger partial charge in [0.1, 0.15) is 24.0 Å². The lowest BCUT2D eigenvalue weighted by atomic mass is 10.1. The predicted octanol–water partition coefficient (Wildman–Crippen LogP) is 2.27. The number of carbonyl (C=O) groups excluding carboxylic acids is 2. The first-order valence-corrected chi connectivity index (χ1v) is 10.7. The van der Waals surface area contributed by atoms with E-state index >= 15 is 0 Å². The van der Waals surface area contributed by atoms with Crippen molar-refractivity contribution in [3.63, 3.8) is 0 Å². The Balaban J connectivity index is 1.27. The summed E-state index contributed by atoms with van der Waals surface area (Å²) in [5, 5.41) is 11.7. The molecule has 0 spiro atoms. The van der Waals surface area contributed by atoms with Gasteiger partial charge >= 0.3 is 0 Å². The van der Waals surface area contributed by atoms with Gasteiger partial charge in [0.05, 0.1) is 11.7 Å². The van der Waals surface area contributed by atoms with Gasteiger partial charge in [-0.1, -0.05) is 12.1 Å². The van der Waals surface area contributed by atoms with Crippen LogP contribution >= 0.6 is 0 Å². The fourth-order valence-electron chi connectivity index (χ4n) is 3.98. The number of halogens is 1. The average Bonchev–Trinajstić information content (AvgIpc) is 3.39. The molecule has 2 aromatic heterocycles. The molecule has 2 aliphatic rings. The van der Waals surface area contributed by atoms with Gasteiger partial charge in [0, 0.05) is 25.6 Å². The Morgan fingerprint density at radius 2 is 1.94 bits per heavy atom. The van der Waals surface area contributed by atoms with E-state index in [1.807, 2.05) is 17.7 Å². The van der Waals surface area contributed by atoms with E-state index in [0.717, 1.165) is 29.9 Å². The molecule has 3 heterocycles. The van der Waals surface area contributed by atoms with Gasteiger partial charge in [0.2, 0.25) is 5.82 Å². The maximum Gasteiger partial charge on any atom is 0.291 e. The zero-order valence-corrected chi connectivity index (χ0v) is 17.9. The van der Waals surface area contributed by atoms with Crippen LogP contribution in [0.15, 0.2) is 36.7 Å². The van der Waals surface area contributed by atoms with Gasteiger partial charge in [0.15, 0.2) is 0 Å². The minimum Gasteiger partial charge on any atom is -0.337 e. The van der Waals surface area contributed by atoms with Crippen LogP contribution < -0.4 is 10.2 Å². The van der Waals surface area contributed by atoms with Crippen LogP contribution in [0.5, 0.6) is 0 Å². The van der Waals surface area contributed by atoms with Gasteiger partial charge in [0.25, 0.3) is 11.8 Å². The molecule has 0 bridgehead atoms. The first kappa shape index (κ1) is 20.3. The lowest BCUT2D eigenvalue weighted by Crippen LogP contribution is -2.47. The van der Waals surface area contributed by atoms with Gasteiger partial charge in [-0.15, -0.1) is 5.10 Å². The van der Waals surface area contributed by atoms with Crippen molar-refractivity contribution in [1.29, 1.82) is 0 Å². The quantitative estimate of drug-likeness (QED) is 0.660. The lowest BCUT2D eigenvalue weighted by Gasteiger charge is -2.20. The smallest absolute Gasteiger partial charge is 0.291 e. The number of likely N-dealkylation sites (N-methyl/N-ethyl adjacent to an activating group) is 1. The van der Waals surface area contributed by atoms with E-state index in [9.17, 15) is 14.0 Å². The first-order chi connectivity index (χ1) is 15.4. The fourth-order valence-corrected chi connectivity index (χ4v) is 3.98. The Kier molecular flexibility index (Phi) is 4.99. The van der Waals surface area contributed by atoms with Crippen LogP contribution in [0.2, 0.25) is 0 Å². The number of rotatable bonds is 5. The molecule has 0 saturated heterocycles. The number of aromatic nitrogens is 5. The van der Waals surface area contributed by atoms with E-state index in [4.69, 9.17) is 0 Å². The molecular formula is C22H24FN7O2. The number of fused-ring (bicyclic) bond motifs is 1. The van der Waals surface area contributed by atoms with Crippen molar-refractivity contribution in [1.82, 2.24) is 29.9 Å². The highest BCUT2D eigenvalue weighted by atomic mass is 19.1. The Morgan fingerprint density at radius 3 is 2.66 bits per heavy atom. The number of amides is 2. The zero-order chi connectivity index (χ0) is 22.4. The number of nitrogens with one attached hydrogen (secondary N) is 1. The molecular weight excluding hydrogens is 413 g/mol. The molecule has 32 heavy (non-hydrogen) atoms. The normalized spacial score (nSPS) is 19.4. The largest absolute Gasteiger partial charge is 0.337 e. The number of nitrogens with zero attached hydrogens (tertiary/aromatic N) is 6. The van der Waals surface area contributed by atoms with Crippen molar-refractivity contribution < 1.29 is 14.0 Å². The molecule has 0 unspecified atom stereocenters. The number of anilines is 1. The molecule has 1 saturated carbocycles. The third-order valence-electron chi connectivity index (χ3n) is 6.14. The summed E-state index contributed by atoms with van der Waals surface area (Å²) in [6, 6.07) is 7.14. The average molecular weight is 437 g/mol. The molecule has 9 nitrogen and oxygen atoms in total. The molecule has 166 valence electrons. The third-order valence-corrected chi connectivity index (χ3v) is 6.14. The van der Waals surface area contributed by atoms with Gasteiger partial charge in [-0.2, -0.15) is 5.10 Å². The molecule has 1 aromatic carbocycles. The molecule has 0 radical (unpaired) electrons. The molecule has 1 aliphatic carbocycles. The van der Waals surface area contributed by atoms with Gasteiger partial charge in [-0.25, -0.2) is 18.7 Å². The number of carbonyl (C=O) groups is 2. The maximum absolute atomic E-state index is 13.2. The summed E-state index contributed by atoms with van der Waals surface area (Å²) >= 11 is 0. The van der Waals surface area contributed by atoms with Crippen LogP contribution in [0.1, 0.15) is 60.0 Å². The van der Waals surface area contributed by atoms with Crippen molar-refractivity contribution in [3.05, 3.63) is 59.6 Å².